The number of methoxy groups -OCH3 is 1. The Labute approximate surface area is 112 Å². The maximum absolute atomic E-state index is 13.1. The zero-order valence-corrected chi connectivity index (χ0v) is 11.0. The Kier molecular flexibility index (Phi) is 4.52. The zero-order valence-electron chi connectivity index (χ0n) is 11.0. The summed E-state index contributed by atoms with van der Waals surface area (Å²) in [5.74, 6) is 0.477. The summed E-state index contributed by atoms with van der Waals surface area (Å²) in [6.45, 7) is 1.13. The molecule has 0 unspecified atom stereocenters. The van der Waals surface area contributed by atoms with Crippen LogP contribution in [-0.4, -0.2) is 23.4 Å². The van der Waals surface area contributed by atoms with Gasteiger partial charge in [-0.05, 0) is 37.1 Å². The predicted octanol–water partition coefficient (Wildman–Crippen LogP) is 1.97. The van der Waals surface area contributed by atoms with E-state index in [9.17, 15) is 4.39 Å². The van der Waals surface area contributed by atoms with Crippen molar-refractivity contribution in [2.24, 2.45) is 5.73 Å². The maximum Gasteiger partial charge on any atom is 0.215 e. The Morgan fingerprint density at radius 1 is 1.42 bits per heavy atom. The van der Waals surface area contributed by atoms with Crippen LogP contribution in [0, 0.1) is 5.82 Å². The number of hydrogen-bond donors (Lipinski definition) is 1. The van der Waals surface area contributed by atoms with Gasteiger partial charge >= 0.3 is 0 Å². The summed E-state index contributed by atoms with van der Waals surface area (Å²) in [5.41, 5.74) is 7.39. The van der Waals surface area contributed by atoms with Gasteiger partial charge in [-0.15, -0.1) is 0 Å². The van der Waals surface area contributed by atoms with Crippen molar-refractivity contribution >= 4 is 0 Å². The monoisotopic (exact) mass is 263 g/mol. The van der Waals surface area contributed by atoms with Crippen LogP contribution >= 0.6 is 0 Å². The van der Waals surface area contributed by atoms with Crippen molar-refractivity contribution in [1.29, 1.82) is 0 Å². The van der Waals surface area contributed by atoms with E-state index in [4.69, 9.17) is 10.5 Å². The molecule has 2 rings (SSSR count). The van der Waals surface area contributed by atoms with E-state index < -0.39 is 0 Å². The minimum atomic E-state index is -0.244. The number of ether oxygens (including phenoxy) is 1. The second-order valence-corrected chi connectivity index (χ2v) is 4.36. The first kappa shape index (κ1) is 13.5. The smallest absolute Gasteiger partial charge is 0.215 e. The van der Waals surface area contributed by atoms with E-state index in [1.54, 1.807) is 24.1 Å². The van der Waals surface area contributed by atoms with Crippen LogP contribution in [0.2, 0.25) is 0 Å². The molecule has 0 fully saturated rings. The van der Waals surface area contributed by atoms with Gasteiger partial charge in [0.25, 0.3) is 0 Å². The van der Waals surface area contributed by atoms with Gasteiger partial charge in [0.15, 0.2) is 0 Å². The molecule has 4 nitrogen and oxygen atoms in total. The van der Waals surface area contributed by atoms with Gasteiger partial charge in [-0.2, -0.15) is 5.10 Å². The molecule has 19 heavy (non-hydrogen) atoms. The van der Waals surface area contributed by atoms with E-state index >= 15 is 0 Å². The topological polar surface area (TPSA) is 53.1 Å². The van der Waals surface area contributed by atoms with E-state index in [-0.39, 0.29) is 5.82 Å². The molecule has 1 heterocycles. The number of rotatable bonds is 6. The van der Waals surface area contributed by atoms with Crippen LogP contribution in [0.15, 0.2) is 30.5 Å². The maximum atomic E-state index is 13.1. The average Bonchev–Trinajstić information content (AvgIpc) is 2.78. The second-order valence-electron chi connectivity index (χ2n) is 4.36. The highest BCUT2D eigenvalue weighted by Gasteiger charge is 2.11. The number of aryl methyl sites for hydroxylation is 1. The highest BCUT2D eigenvalue weighted by Crippen LogP contribution is 2.20. The quantitative estimate of drug-likeness (QED) is 0.867. The third kappa shape index (κ3) is 3.32. The van der Waals surface area contributed by atoms with Crippen LogP contribution in [0.3, 0.4) is 0 Å². The van der Waals surface area contributed by atoms with Crippen LogP contribution in [0.25, 0.3) is 0 Å². The van der Waals surface area contributed by atoms with Gasteiger partial charge in [0.2, 0.25) is 5.88 Å². The normalized spacial score (nSPS) is 10.7. The van der Waals surface area contributed by atoms with E-state index in [0.717, 1.165) is 29.8 Å². The van der Waals surface area contributed by atoms with Gasteiger partial charge in [-0.1, -0.05) is 12.1 Å². The molecule has 0 atom stereocenters. The summed E-state index contributed by atoms with van der Waals surface area (Å²) in [5, 5.41) is 4.29. The van der Waals surface area contributed by atoms with Gasteiger partial charge in [-0.25, -0.2) is 9.07 Å². The molecule has 2 aromatic rings. The lowest BCUT2D eigenvalue weighted by Crippen LogP contribution is -2.06. The lowest BCUT2D eigenvalue weighted by Gasteiger charge is -2.08. The molecular formula is C14H18FN3O. The molecule has 1 aromatic heterocycles. The van der Waals surface area contributed by atoms with E-state index in [1.807, 2.05) is 6.07 Å². The Morgan fingerprint density at radius 2 is 2.26 bits per heavy atom. The van der Waals surface area contributed by atoms with Crippen molar-refractivity contribution in [3.05, 3.63) is 47.4 Å². The summed E-state index contributed by atoms with van der Waals surface area (Å²) in [7, 11) is 1.62. The van der Waals surface area contributed by atoms with E-state index in [0.29, 0.717) is 13.1 Å². The number of benzene rings is 1. The van der Waals surface area contributed by atoms with Crippen LogP contribution in [0.5, 0.6) is 5.88 Å². The third-order valence-electron chi connectivity index (χ3n) is 2.93. The Balaban J connectivity index is 2.18. The van der Waals surface area contributed by atoms with Gasteiger partial charge in [-0.3, -0.25) is 0 Å². The van der Waals surface area contributed by atoms with Crippen molar-refractivity contribution in [1.82, 2.24) is 9.78 Å². The zero-order chi connectivity index (χ0) is 13.7. The fourth-order valence-electron chi connectivity index (χ4n) is 2.03. The number of aromatic nitrogens is 2. The molecule has 0 aliphatic carbocycles. The highest BCUT2D eigenvalue weighted by atomic mass is 19.1. The Hall–Kier alpha value is -1.88. The largest absolute Gasteiger partial charge is 0.481 e. The lowest BCUT2D eigenvalue weighted by molar-refractivity contribution is 0.362. The van der Waals surface area contributed by atoms with Crippen molar-refractivity contribution < 1.29 is 9.13 Å². The van der Waals surface area contributed by atoms with E-state index in [2.05, 4.69) is 5.10 Å². The first-order valence-electron chi connectivity index (χ1n) is 6.27. The predicted molar refractivity (Wildman–Crippen MR) is 71.7 cm³/mol. The molecule has 5 heteroatoms. The SMILES string of the molecule is COc1c(CCCN)cnn1Cc1cccc(F)c1. The first-order valence-corrected chi connectivity index (χ1v) is 6.27. The summed E-state index contributed by atoms with van der Waals surface area (Å²) < 4.78 is 20.3. The average molecular weight is 263 g/mol. The second kappa shape index (κ2) is 6.33. The van der Waals surface area contributed by atoms with Crippen LogP contribution in [-0.2, 0) is 13.0 Å². The van der Waals surface area contributed by atoms with Crippen molar-refractivity contribution in [3.63, 3.8) is 0 Å². The summed E-state index contributed by atoms with van der Waals surface area (Å²) in [6.07, 6.45) is 3.51. The number of nitrogens with two attached hydrogens (primary N) is 1. The van der Waals surface area contributed by atoms with Gasteiger partial charge < -0.3 is 10.5 Å². The van der Waals surface area contributed by atoms with Crippen molar-refractivity contribution in [2.75, 3.05) is 13.7 Å². The van der Waals surface area contributed by atoms with Crippen LogP contribution in [0.4, 0.5) is 4.39 Å². The minimum absolute atomic E-state index is 0.244. The molecule has 2 N–H and O–H groups in total. The molecule has 0 saturated carbocycles. The van der Waals surface area contributed by atoms with Crippen molar-refractivity contribution in [3.8, 4) is 5.88 Å². The third-order valence-corrected chi connectivity index (χ3v) is 2.93. The van der Waals surface area contributed by atoms with Gasteiger partial charge in [0, 0.05) is 5.56 Å². The lowest BCUT2D eigenvalue weighted by atomic mass is 10.2. The standard InChI is InChI=1S/C14H18FN3O/c1-19-14-12(5-3-7-16)9-17-18(14)10-11-4-2-6-13(15)8-11/h2,4,6,8-9H,3,5,7,10,16H2,1H3. The molecule has 0 bridgehead atoms. The van der Waals surface area contributed by atoms with Gasteiger partial charge in [0.05, 0.1) is 19.9 Å². The molecule has 0 spiro atoms. The molecule has 102 valence electrons. The summed E-state index contributed by atoms with van der Waals surface area (Å²) in [6, 6.07) is 6.48. The molecule has 0 saturated heterocycles. The number of hydrogen-bond acceptors (Lipinski definition) is 3. The fraction of sp³-hybridized carbons (Fsp3) is 0.357. The first-order chi connectivity index (χ1) is 9.24. The molecule has 0 amide bonds. The summed E-state index contributed by atoms with van der Waals surface area (Å²) >= 11 is 0. The van der Waals surface area contributed by atoms with Crippen LogP contribution in [0.1, 0.15) is 17.5 Å². The molecule has 0 aliphatic heterocycles. The molecule has 1 aromatic carbocycles. The van der Waals surface area contributed by atoms with Gasteiger partial charge in [0.1, 0.15) is 5.82 Å². The number of halogens is 1. The van der Waals surface area contributed by atoms with Crippen molar-refractivity contribution in [2.45, 2.75) is 19.4 Å². The highest BCUT2D eigenvalue weighted by molar-refractivity contribution is 5.26. The minimum Gasteiger partial charge on any atom is -0.481 e. The molecular weight excluding hydrogens is 245 g/mol. The fourth-order valence-corrected chi connectivity index (χ4v) is 2.03. The number of nitrogens with zero attached hydrogens (tertiary/aromatic N) is 2. The van der Waals surface area contributed by atoms with Crippen LogP contribution < -0.4 is 10.5 Å². The Morgan fingerprint density at radius 3 is 2.95 bits per heavy atom. The van der Waals surface area contributed by atoms with E-state index in [1.165, 1.54) is 12.1 Å². The molecule has 0 aliphatic rings. The molecule has 0 radical (unpaired) electrons. The Bertz CT molecular complexity index is 539. The summed E-state index contributed by atoms with van der Waals surface area (Å²) in [4.78, 5) is 0.